The second kappa shape index (κ2) is 6.66. The molecule has 1 unspecified atom stereocenters. The van der Waals surface area contributed by atoms with Gasteiger partial charge in [0, 0.05) is 24.3 Å². The summed E-state index contributed by atoms with van der Waals surface area (Å²) in [5.74, 6) is -0.152. The van der Waals surface area contributed by atoms with E-state index in [2.05, 4.69) is 15.5 Å². The van der Waals surface area contributed by atoms with Crippen LogP contribution in [0, 0.1) is 0 Å². The van der Waals surface area contributed by atoms with Gasteiger partial charge in [0.25, 0.3) is 0 Å². The first kappa shape index (κ1) is 15.3. The Morgan fingerprint density at radius 2 is 2.22 bits per heavy atom. The van der Waals surface area contributed by atoms with Gasteiger partial charge in [-0.25, -0.2) is 0 Å². The van der Waals surface area contributed by atoms with Gasteiger partial charge < -0.3 is 5.32 Å². The second-order valence-corrected chi connectivity index (χ2v) is 5.64. The zero-order chi connectivity index (χ0) is 16.2. The highest BCUT2D eigenvalue weighted by molar-refractivity contribution is 6.30. The Morgan fingerprint density at radius 3 is 2.91 bits per heavy atom. The van der Waals surface area contributed by atoms with Crippen LogP contribution >= 0.6 is 11.6 Å². The monoisotopic (exact) mass is 329 g/mol. The van der Waals surface area contributed by atoms with Crippen LogP contribution in [0.1, 0.15) is 18.5 Å². The fourth-order valence-electron chi connectivity index (χ4n) is 2.22. The number of halogens is 1. The minimum Gasteiger partial charge on any atom is -0.324 e. The average Bonchev–Trinajstić information content (AvgIpc) is 3.18. The first-order chi connectivity index (χ1) is 11.1. The van der Waals surface area contributed by atoms with E-state index in [0.717, 1.165) is 11.3 Å². The molecule has 1 amide bonds. The van der Waals surface area contributed by atoms with Gasteiger partial charge in [0.1, 0.15) is 6.04 Å². The van der Waals surface area contributed by atoms with Crippen molar-refractivity contribution in [1.82, 2.24) is 19.6 Å². The van der Waals surface area contributed by atoms with E-state index < -0.39 is 6.04 Å². The van der Waals surface area contributed by atoms with E-state index in [-0.39, 0.29) is 5.91 Å². The molecule has 6 nitrogen and oxygen atoms in total. The Hall–Kier alpha value is -2.60. The highest BCUT2D eigenvalue weighted by Crippen LogP contribution is 2.16. The van der Waals surface area contributed by atoms with Crippen LogP contribution in [0.25, 0.3) is 0 Å². The zero-order valence-corrected chi connectivity index (χ0v) is 13.3. The molecule has 1 atom stereocenters. The molecule has 0 aliphatic carbocycles. The van der Waals surface area contributed by atoms with E-state index in [1.807, 2.05) is 41.2 Å². The molecule has 3 rings (SSSR count). The zero-order valence-electron chi connectivity index (χ0n) is 12.6. The van der Waals surface area contributed by atoms with Gasteiger partial charge in [0.15, 0.2) is 0 Å². The third-order valence-corrected chi connectivity index (χ3v) is 3.64. The summed E-state index contributed by atoms with van der Waals surface area (Å²) >= 11 is 5.83. The third-order valence-electron chi connectivity index (χ3n) is 3.44. The Labute approximate surface area is 138 Å². The quantitative estimate of drug-likeness (QED) is 0.782. The number of carbonyl (C=O) groups excluding carboxylic acids is 1. The number of rotatable bonds is 5. The molecule has 3 aromatic rings. The number of nitrogens with one attached hydrogen (secondary N) is 1. The minimum absolute atomic E-state index is 0.152. The summed E-state index contributed by atoms with van der Waals surface area (Å²) in [4.78, 5) is 12.3. The Kier molecular flexibility index (Phi) is 4.43. The number of amides is 1. The predicted molar refractivity (Wildman–Crippen MR) is 88.3 cm³/mol. The second-order valence-electron chi connectivity index (χ2n) is 5.21. The van der Waals surface area contributed by atoms with E-state index in [9.17, 15) is 4.79 Å². The molecule has 0 aliphatic heterocycles. The predicted octanol–water partition coefficient (Wildman–Crippen LogP) is 2.98. The summed E-state index contributed by atoms with van der Waals surface area (Å²) in [7, 11) is 0. The number of anilines is 1. The summed E-state index contributed by atoms with van der Waals surface area (Å²) in [5.41, 5.74) is 1.80. The summed E-state index contributed by atoms with van der Waals surface area (Å²) < 4.78 is 3.36. The number of hydrogen-bond donors (Lipinski definition) is 1. The highest BCUT2D eigenvalue weighted by atomic mass is 35.5. The van der Waals surface area contributed by atoms with Crippen LogP contribution in [-0.2, 0) is 11.3 Å². The van der Waals surface area contributed by atoms with E-state index in [4.69, 9.17) is 11.6 Å². The van der Waals surface area contributed by atoms with Crippen LogP contribution in [0.3, 0.4) is 0 Å². The lowest BCUT2D eigenvalue weighted by atomic mass is 10.2. The van der Waals surface area contributed by atoms with E-state index in [1.165, 1.54) is 10.9 Å². The van der Waals surface area contributed by atoms with Crippen molar-refractivity contribution in [3.63, 3.8) is 0 Å². The molecule has 0 bridgehead atoms. The van der Waals surface area contributed by atoms with Gasteiger partial charge in [-0.3, -0.25) is 14.2 Å². The van der Waals surface area contributed by atoms with Crippen molar-refractivity contribution < 1.29 is 4.79 Å². The topological polar surface area (TPSA) is 64.7 Å². The van der Waals surface area contributed by atoms with Gasteiger partial charge in [-0.05, 0) is 30.7 Å². The van der Waals surface area contributed by atoms with Crippen LogP contribution < -0.4 is 5.32 Å². The molecule has 0 saturated carbocycles. The molecule has 2 aromatic heterocycles. The van der Waals surface area contributed by atoms with Crippen molar-refractivity contribution in [1.29, 1.82) is 0 Å². The van der Waals surface area contributed by atoms with Gasteiger partial charge in [-0.1, -0.05) is 23.7 Å². The van der Waals surface area contributed by atoms with Crippen molar-refractivity contribution in [2.75, 3.05) is 5.32 Å². The maximum absolute atomic E-state index is 12.3. The number of aromatic nitrogens is 4. The van der Waals surface area contributed by atoms with Crippen LogP contribution in [0.5, 0.6) is 0 Å². The molecule has 0 spiro atoms. The summed E-state index contributed by atoms with van der Waals surface area (Å²) in [6.45, 7) is 2.42. The fourth-order valence-corrected chi connectivity index (χ4v) is 2.37. The lowest BCUT2D eigenvalue weighted by Gasteiger charge is -2.13. The Balaban J connectivity index is 1.68. The number of carbonyl (C=O) groups is 1. The molecule has 23 heavy (non-hydrogen) atoms. The molecule has 0 saturated heterocycles. The maximum atomic E-state index is 12.3. The molecule has 0 fully saturated rings. The molecule has 118 valence electrons. The van der Waals surface area contributed by atoms with Crippen LogP contribution in [-0.4, -0.2) is 25.5 Å². The SMILES string of the molecule is CC(C(=O)Nc1cccc(Cn2cccn2)c1)n1cc(Cl)cn1. The van der Waals surface area contributed by atoms with Crippen molar-refractivity contribution in [2.45, 2.75) is 19.5 Å². The molecule has 0 aliphatic rings. The van der Waals surface area contributed by atoms with Crippen molar-refractivity contribution >= 4 is 23.2 Å². The van der Waals surface area contributed by atoms with Crippen LogP contribution in [0.2, 0.25) is 5.02 Å². The molecule has 0 radical (unpaired) electrons. The fraction of sp³-hybridized carbons (Fsp3) is 0.188. The van der Waals surface area contributed by atoms with Gasteiger partial charge in [-0.15, -0.1) is 0 Å². The molecule has 1 aromatic carbocycles. The number of benzene rings is 1. The molecule has 7 heteroatoms. The first-order valence-corrected chi connectivity index (χ1v) is 7.56. The minimum atomic E-state index is -0.447. The van der Waals surface area contributed by atoms with Gasteiger partial charge >= 0.3 is 0 Å². The molecular formula is C16H16ClN5O. The highest BCUT2D eigenvalue weighted by Gasteiger charge is 2.16. The standard InChI is InChI=1S/C16H16ClN5O/c1-12(22-11-14(17)9-19-22)16(23)20-15-5-2-4-13(8-15)10-21-7-3-6-18-21/h2-9,11-12H,10H2,1H3,(H,20,23). The van der Waals surface area contributed by atoms with Gasteiger partial charge in [0.05, 0.1) is 17.8 Å². The van der Waals surface area contributed by atoms with E-state index in [1.54, 1.807) is 19.3 Å². The van der Waals surface area contributed by atoms with Crippen molar-refractivity contribution in [3.05, 3.63) is 65.7 Å². The average molecular weight is 330 g/mol. The van der Waals surface area contributed by atoms with Crippen LogP contribution in [0.15, 0.2) is 55.1 Å². The normalized spacial score (nSPS) is 12.1. The van der Waals surface area contributed by atoms with Crippen molar-refractivity contribution in [3.8, 4) is 0 Å². The lowest BCUT2D eigenvalue weighted by molar-refractivity contribution is -0.119. The Bertz CT molecular complexity index is 796. The molecular weight excluding hydrogens is 314 g/mol. The summed E-state index contributed by atoms with van der Waals surface area (Å²) in [5, 5.41) is 11.6. The number of hydrogen-bond acceptors (Lipinski definition) is 3. The first-order valence-electron chi connectivity index (χ1n) is 7.19. The lowest BCUT2D eigenvalue weighted by Crippen LogP contribution is -2.24. The largest absolute Gasteiger partial charge is 0.324 e. The third kappa shape index (κ3) is 3.78. The summed E-state index contributed by atoms with van der Waals surface area (Å²) in [6, 6.07) is 9.12. The number of nitrogens with zero attached hydrogens (tertiary/aromatic N) is 4. The van der Waals surface area contributed by atoms with E-state index >= 15 is 0 Å². The van der Waals surface area contributed by atoms with Gasteiger partial charge in [0.2, 0.25) is 5.91 Å². The van der Waals surface area contributed by atoms with Crippen LogP contribution in [0.4, 0.5) is 5.69 Å². The summed E-state index contributed by atoms with van der Waals surface area (Å²) in [6.07, 6.45) is 6.77. The maximum Gasteiger partial charge on any atom is 0.248 e. The smallest absolute Gasteiger partial charge is 0.248 e. The Morgan fingerprint density at radius 1 is 1.35 bits per heavy atom. The molecule has 1 N–H and O–H groups in total. The molecule has 2 heterocycles. The van der Waals surface area contributed by atoms with Gasteiger partial charge in [-0.2, -0.15) is 10.2 Å². The van der Waals surface area contributed by atoms with E-state index in [0.29, 0.717) is 11.6 Å². The van der Waals surface area contributed by atoms with Crippen molar-refractivity contribution in [2.24, 2.45) is 0 Å².